The van der Waals surface area contributed by atoms with Gasteiger partial charge in [0, 0.05) is 23.4 Å². The Bertz CT molecular complexity index is 1500. The normalized spacial score (nSPS) is 17.1. The average molecular weight is 569 g/mol. The van der Waals surface area contributed by atoms with Crippen LogP contribution in [0.3, 0.4) is 0 Å². The summed E-state index contributed by atoms with van der Waals surface area (Å²) in [5, 5.41) is 12.1. The van der Waals surface area contributed by atoms with Crippen LogP contribution in [-0.2, 0) is 29.1 Å². The fraction of sp³-hybridized carbons (Fsp3) is 0.323. The van der Waals surface area contributed by atoms with Gasteiger partial charge < -0.3 is 15.3 Å². The van der Waals surface area contributed by atoms with E-state index < -0.39 is 41.1 Å². The predicted molar refractivity (Wildman–Crippen MR) is 142 cm³/mol. The summed E-state index contributed by atoms with van der Waals surface area (Å²) in [6.45, 7) is 1.17. The monoisotopic (exact) mass is 568 g/mol. The maximum atomic E-state index is 14.1. The molecule has 1 heterocycles. The van der Waals surface area contributed by atoms with Crippen molar-refractivity contribution in [1.82, 2.24) is 4.90 Å². The SMILES string of the molecule is C[C@@H]([C@@H](C(=O)Nc1cccc(CC2(C(=O)O)CC2)c1)c1ccc(CN2Cc3c(F)cccc3C2=O)cc1)C(F)(F)F. The number of hydrogen-bond acceptors (Lipinski definition) is 3. The van der Waals surface area contributed by atoms with E-state index in [1.807, 2.05) is 0 Å². The van der Waals surface area contributed by atoms with Gasteiger partial charge in [0.1, 0.15) is 5.82 Å². The first-order chi connectivity index (χ1) is 19.4. The molecule has 1 aliphatic heterocycles. The lowest BCUT2D eigenvalue weighted by Crippen LogP contribution is -2.34. The Labute approximate surface area is 234 Å². The maximum Gasteiger partial charge on any atom is 0.392 e. The summed E-state index contributed by atoms with van der Waals surface area (Å²) >= 11 is 0. The molecule has 0 bridgehead atoms. The number of nitrogens with one attached hydrogen (secondary N) is 1. The maximum absolute atomic E-state index is 14.1. The molecule has 1 saturated carbocycles. The Morgan fingerprint density at radius 2 is 1.71 bits per heavy atom. The Balaban J connectivity index is 1.33. The molecule has 0 saturated heterocycles. The Kier molecular flexibility index (Phi) is 7.35. The second-order valence-electron chi connectivity index (χ2n) is 10.9. The molecule has 0 spiro atoms. The third-order valence-electron chi connectivity index (χ3n) is 8.04. The molecule has 3 aromatic carbocycles. The summed E-state index contributed by atoms with van der Waals surface area (Å²) in [5.41, 5.74) is 1.50. The van der Waals surface area contributed by atoms with Crippen molar-refractivity contribution < 1.29 is 37.1 Å². The highest BCUT2D eigenvalue weighted by atomic mass is 19.4. The van der Waals surface area contributed by atoms with E-state index in [4.69, 9.17) is 0 Å². The van der Waals surface area contributed by atoms with Gasteiger partial charge in [-0.2, -0.15) is 13.2 Å². The van der Waals surface area contributed by atoms with E-state index in [1.54, 1.807) is 42.5 Å². The van der Waals surface area contributed by atoms with Crippen molar-refractivity contribution in [2.75, 3.05) is 5.32 Å². The lowest BCUT2D eigenvalue weighted by atomic mass is 9.85. The second kappa shape index (κ2) is 10.6. The molecule has 6 nitrogen and oxygen atoms in total. The summed E-state index contributed by atoms with van der Waals surface area (Å²) < 4.78 is 55.7. The number of alkyl halides is 3. The van der Waals surface area contributed by atoms with Gasteiger partial charge in [-0.25, -0.2) is 4.39 Å². The van der Waals surface area contributed by atoms with Crippen molar-refractivity contribution in [2.24, 2.45) is 11.3 Å². The molecule has 214 valence electrons. The molecular weight excluding hydrogens is 540 g/mol. The van der Waals surface area contributed by atoms with Crippen LogP contribution < -0.4 is 5.32 Å². The van der Waals surface area contributed by atoms with Crippen molar-refractivity contribution >= 4 is 23.5 Å². The number of carbonyl (C=O) groups excluding carboxylic acids is 2. The largest absolute Gasteiger partial charge is 0.481 e. The molecule has 41 heavy (non-hydrogen) atoms. The molecule has 0 radical (unpaired) electrons. The number of nitrogens with zero attached hydrogens (tertiary/aromatic N) is 1. The number of amides is 2. The number of carboxylic acid groups (broad SMARTS) is 1. The highest BCUT2D eigenvalue weighted by Crippen LogP contribution is 2.48. The smallest absolute Gasteiger partial charge is 0.392 e. The minimum Gasteiger partial charge on any atom is -0.481 e. The number of rotatable bonds is 9. The van der Waals surface area contributed by atoms with Gasteiger partial charge in [0.2, 0.25) is 5.91 Å². The Hall–Kier alpha value is -4.21. The lowest BCUT2D eigenvalue weighted by molar-refractivity contribution is -0.178. The fourth-order valence-corrected chi connectivity index (χ4v) is 5.37. The number of hydrogen-bond donors (Lipinski definition) is 2. The van der Waals surface area contributed by atoms with Gasteiger partial charge in [0.25, 0.3) is 5.91 Å². The molecule has 5 rings (SSSR count). The minimum atomic E-state index is -4.65. The molecular formula is C31H28F4N2O4. The van der Waals surface area contributed by atoms with Gasteiger partial charge in [-0.3, -0.25) is 14.4 Å². The molecule has 3 aromatic rings. The van der Waals surface area contributed by atoms with E-state index in [9.17, 15) is 37.1 Å². The van der Waals surface area contributed by atoms with Crippen molar-refractivity contribution in [3.8, 4) is 0 Å². The zero-order valence-electron chi connectivity index (χ0n) is 22.2. The molecule has 2 amide bonds. The number of fused-ring (bicyclic) bond motifs is 1. The van der Waals surface area contributed by atoms with Crippen LogP contribution in [0.5, 0.6) is 0 Å². The predicted octanol–water partition coefficient (Wildman–Crippen LogP) is 6.31. The summed E-state index contributed by atoms with van der Waals surface area (Å²) in [6, 6.07) is 16.8. The standard InChI is InChI=1S/C31H28F4N2O4/c1-18(31(33,34)35)26(27(38)36-22-5-2-4-20(14-22)15-30(12-13-30)29(40)41)21-10-8-19(9-11-21)16-37-17-24-23(28(37)39)6-3-7-25(24)32/h2-11,14,18,26H,12-13,15-17H2,1H3,(H,36,38)(H,40,41)/t18-,26+/m0/s1. The van der Waals surface area contributed by atoms with Crippen LogP contribution in [0.2, 0.25) is 0 Å². The number of carbonyl (C=O) groups is 3. The molecule has 0 aromatic heterocycles. The van der Waals surface area contributed by atoms with Gasteiger partial charge in [-0.05, 0) is 60.2 Å². The van der Waals surface area contributed by atoms with E-state index in [2.05, 4.69) is 5.32 Å². The van der Waals surface area contributed by atoms with E-state index in [-0.39, 0.29) is 42.2 Å². The number of halogens is 4. The molecule has 1 fully saturated rings. The zero-order valence-corrected chi connectivity index (χ0v) is 22.2. The second-order valence-corrected chi connectivity index (χ2v) is 10.9. The molecule has 0 unspecified atom stereocenters. The van der Waals surface area contributed by atoms with Crippen LogP contribution in [0.25, 0.3) is 0 Å². The van der Waals surface area contributed by atoms with Gasteiger partial charge in [0.05, 0.1) is 23.8 Å². The third-order valence-corrected chi connectivity index (χ3v) is 8.04. The topological polar surface area (TPSA) is 86.7 Å². The Morgan fingerprint density at radius 1 is 1.02 bits per heavy atom. The first-order valence-corrected chi connectivity index (χ1v) is 13.2. The van der Waals surface area contributed by atoms with Crippen molar-refractivity contribution in [3.05, 3.63) is 100 Å². The van der Waals surface area contributed by atoms with Gasteiger partial charge >= 0.3 is 12.1 Å². The van der Waals surface area contributed by atoms with Gasteiger partial charge in [0.15, 0.2) is 0 Å². The van der Waals surface area contributed by atoms with Gasteiger partial charge in [-0.15, -0.1) is 0 Å². The molecule has 10 heteroatoms. The number of carboxylic acids is 1. The van der Waals surface area contributed by atoms with Crippen molar-refractivity contribution in [2.45, 2.75) is 51.4 Å². The van der Waals surface area contributed by atoms with Crippen molar-refractivity contribution in [1.29, 1.82) is 0 Å². The van der Waals surface area contributed by atoms with Gasteiger partial charge in [-0.1, -0.05) is 49.4 Å². The zero-order chi connectivity index (χ0) is 29.5. The van der Waals surface area contributed by atoms with E-state index >= 15 is 0 Å². The van der Waals surface area contributed by atoms with Crippen molar-refractivity contribution in [3.63, 3.8) is 0 Å². The number of aliphatic carboxylic acids is 1. The summed E-state index contributed by atoms with van der Waals surface area (Å²) in [6.07, 6.45) is -3.28. The summed E-state index contributed by atoms with van der Waals surface area (Å²) in [7, 11) is 0. The van der Waals surface area contributed by atoms with Crippen LogP contribution in [0.4, 0.5) is 23.2 Å². The number of anilines is 1. The molecule has 2 N–H and O–H groups in total. The lowest BCUT2D eigenvalue weighted by Gasteiger charge is -2.26. The highest BCUT2D eigenvalue weighted by molar-refractivity contribution is 5.98. The highest BCUT2D eigenvalue weighted by Gasteiger charge is 2.50. The van der Waals surface area contributed by atoms with E-state index in [0.29, 0.717) is 29.5 Å². The van der Waals surface area contributed by atoms with Crippen LogP contribution in [0, 0.1) is 17.2 Å². The summed E-state index contributed by atoms with van der Waals surface area (Å²) in [5.74, 6) is -6.10. The quantitative estimate of drug-likeness (QED) is 0.296. The average Bonchev–Trinajstić information content (AvgIpc) is 3.63. The molecule has 2 aliphatic rings. The van der Waals surface area contributed by atoms with E-state index in [1.165, 1.54) is 29.2 Å². The van der Waals surface area contributed by atoms with Crippen LogP contribution >= 0.6 is 0 Å². The fourth-order valence-electron chi connectivity index (χ4n) is 5.37. The third kappa shape index (κ3) is 5.82. The van der Waals surface area contributed by atoms with Crippen LogP contribution in [0.15, 0.2) is 66.7 Å². The van der Waals surface area contributed by atoms with E-state index in [0.717, 1.165) is 6.92 Å². The molecule has 2 atom stereocenters. The summed E-state index contributed by atoms with van der Waals surface area (Å²) in [4.78, 5) is 39.0. The number of benzene rings is 3. The minimum absolute atomic E-state index is 0.0887. The van der Waals surface area contributed by atoms with Crippen LogP contribution in [-0.4, -0.2) is 34.0 Å². The van der Waals surface area contributed by atoms with Crippen LogP contribution in [0.1, 0.15) is 58.3 Å². The first kappa shape index (κ1) is 28.3. The molecule has 1 aliphatic carbocycles. The first-order valence-electron chi connectivity index (χ1n) is 13.2. The Morgan fingerprint density at radius 3 is 2.32 bits per heavy atom.